The van der Waals surface area contributed by atoms with Gasteiger partial charge in [0.1, 0.15) is 17.6 Å². The van der Waals surface area contributed by atoms with E-state index < -0.39 is 6.10 Å². The molecule has 3 rings (SSSR count). The van der Waals surface area contributed by atoms with Crippen LogP contribution in [0.3, 0.4) is 0 Å². The van der Waals surface area contributed by atoms with E-state index in [1.54, 1.807) is 20.3 Å². The summed E-state index contributed by atoms with van der Waals surface area (Å²) in [5, 5.41) is 10.7. The second kappa shape index (κ2) is 5.78. The Kier molecular flexibility index (Phi) is 3.84. The molecule has 2 aromatic carbocycles. The van der Waals surface area contributed by atoms with Gasteiger partial charge in [-0.2, -0.15) is 0 Å². The number of aliphatic hydroxyl groups is 1. The standard InChI is InChI=1S/C18H20O3/c1-20-15-8-9-16(17(11-15)21-2)18(19)14-7-6-12-4-3-5-13(12)10-14/h6-11,18-19H,3-5H2,1-2H3. The molecule has 3 nitrogen and oxygen atoms in total. The SMILES string of the molecule is COc1ccc(C(O)c2ccc3c(c2)CCC3)c(OC)c1. The predicted molar refractivity (Wildman–Crippen MR) is 82.1 cm³/mol. The zero-order valence-electron chi connectivity index (χ0n) is 12.4. The van der Waals surface area contributed by atoms with E-state index in [2.05, 4.69) is 12.1 Å². The normalized spacial score (nSPS) is 14.6. The minimum absolute atomic E-state index is 0.641. The summed E-state index contributed by atoms with van der Waals surface area (Å²) in [6.07, 6.45) is 2.78. The minimum Gasteiger partial charge on any atom is -0.497 e. The Morgan fingerprint density at radius 3 is 2.52 bits per heavy atom. The zero-order valence-corrected chi connectivity index (χ0v) is 12.4. The van der Waals surface area contributed by atoms with Crippen molar-refractivity contribution in [3.63, 3.8) is 0 Å². The van der Waals surface area contributed by atoms with E-state index in [1.807, 2.05) is 18.2 Å². The van der Waals surface area contributed by atoms with Crippen LogP contribution in [0.15, 0.2) is 36.4 Å². The van der Waals surface area contributed by atoms with Crippen LogP contribution in [-0.2, 0) is 12.8 Å². The van der Waals surface area contributed by atoms with Crippen LogP contribution in [0.25, 0.3) is 0 Å². The van der Waals surface area contributed by atoms with Crippen molar-refractivity contribution in [1.29, 1.82) is 0 Å². The number of methoxy groups -OCH3 is 2. The van der Waals surface area contributed by atoms with E-state index in [0.29, 0.717) is 5.75 Å². The van der Waals surface area contributed by atoms with E-state index in [1.165, 1.54) is 17.5 Å². The van der Waals surface area contributed by atoms with Crippen molar-refractivity contribution in [1.82, 2.24) is 0 Å². The Labute approximate surface area is 125 Å². The van der Waals surface area contributed by atoms with Crippen LogP contribution in [0.1, 0.15) is 34.8 Å². The van der Waals surface area contributed by atoms with Gasteiger partial charge >= 0.3 is 0 Å². The summed E-state index contributed by atoms with van der Waals surface area (Å²) in [7, 11) is 3.22. The molecule has 0 heterocycles. The summed E-state index contributed by atoms with van der Waals surface area (Å²) >= 11 is 0. The first-order chi connectivity index (χ1) is 10.2. The molecule has 21 heavy (non-hydrogen) atoms. The van der Waals surface area contributed by atoms with Crippen molar-refractivity contribution in [3.8, 4) is 11.5 Å². The Morgan fingerprint density at radius 1 is 0.952 bits per heavy atom. The number of hydrogen-bond acceptors (Lipinski definition) is 3. The molecule has 1 N–H and O–H groups in total. The summed E-state index contributed by atoms with van der Waals surface area (Å²) in [4.78, 5) is 0. The molecule has 2 aromatic rings. The fourth-order valence-corrected chi connectivity index (χ4v) is 2.99. The molecule has 0 saturated heterocycles. The first-order valence-electron chi connectivity index (χ1n) is 7.24. The fraction of sp³-hybridized carbons (Fsp3) is 0.333. The maximum absolute atomic E-state index is 10.7. The molecule has 1 unspecified atom stereocenters. The van der Waals surface area contributed by atoms with Crippen LogP contribution in [-0.4, -0.2) is 19.3 Å². The van der Waals surface area contributed by atoms with Crippen molar-refractivity contribution in [3.05, 3.63) is 58.7 Å². The Morgan fingerprint density at radius 2 is 1.76 bits per heavy atom. The quantitative estimate of drug-likeness (QED) is 0.936. The molecule has 1 aliphatic carbocycles. The number of hydrogen-bond donors (Lipinski definition) is 1. The largest absolute Gasteiger partial charge is 0.497 e. The van der Waals surface area contributed by atoms with E-state index in [4.69, 9.17) is 9.47 Å². The fourth-order valence-electron chi connectivity index (χ4n) is 2.99. The second-order valence-corrected chi connectivity index (χ2v) is 5.39. The van der Waals surface area contributed by atoms with Crippen molar-refractivity contribution < 1.29 is 14.6 Å². The monoisotopic (exact) mass is 284 g/mol. The first-order valence-corrected chi connectivity index (χ1v) is 7.24. The number of aryl methyl sites for hydroxylation is 2. The Hall–Kier alpha value is -2.00. The van der Waals surface area contributed by atoms with E-state index in [9.17, 15) is 5.11 Å². The lowest BCUT2D eigenvalue weighted by atomic mass is 9.97. The minimum atomic E-state index is -0.684. The summed E-state index contributed by atoms with van der Waals surface area (Å²) in [6, 6.07) is 11.8. The third-order valence-corrected chi connectivity index (χ3v) is 4.17. The van der Waals surface area contributed by atoms with Crippen LogP contribution >= 0.6 is 0 Å². The Bertz CT molecular complexity index is 649. The molecule has 0 spiro atoms. The molecule has 0 amide bonds. The smallest absolute Gasteiger partial charge is 0.128 e. The molecule has 0 fully saturated rings. The van der Waals surface area contributed by atoms with Crippen molar-refractivity contribution in [2.45, 2.75) is 25.4 Å². The highest BCUT2D eigenvalue weighted by molar-refractivity contribution is 5.46. The highest BCUT2D eigenvalue weighted by atomic mass is 16.5. The van der Waals surface area contributed by atoms with Crippen LogP contribution in [0.4, 0.5) is 0 Å². The van der Waals surface area contributed by atoms with E-state index >= 15 is 0 Å². The van der Waals surface area contributed by atoms with Gasteiger partial charge in [0, 0.05) is 11.6 Å². The van der Waals surface area contributed by atoms with Crippen molar-refractivity contribution >= 4 is 0 Å². The molecule has 0 bridgehead atoms. The molecule has 110 valence electrons. The van der Waals surface area contributed by atoms with Crippen LogP contribution < -0.4 is 9.47 Å². The van der Waals surface area contributed by atoms with Crippen LogP contribution in [0, 0.1) is 0 Å². The van der Waals surface area contributed by atoms with Gasteiger partial charge in [-0.25, -0.2) is 0 Å². The second-order valence-electron chi connectivity index (χ2n) is 5.39. The van der Waals surface area contributed by atoms with Gasteiger partial charge in [0.05, 0.1) is 14.2 Å². The van der Waals surface area contributed by atoms with Gasteiger partial charge in [0.2, 0.25) is 0 Å². The molecule has 0 aromatic heterocycles. The van der Waals surface area contributed by atoms with Gasteiger partial charge in [-0.1, -0.05) is 18.2 Å². The highest BCUT2D eigenvalue weighted by Crippen LogP contribution is 2.34. The highest BCUT2D eigenvalue weighted by Gasteiger charge is 2.19. The van der Waals surface area contributed by atoms with E-state index in [-0.39, 0.29) is 0 Å². The van der Waals surface area contributed by atoms with E-state index in [0.717, 1.165) is 29.7 Å². The number of fused-ring (bicyclic) bond motifs is 1. The van der Waals surface area contributed by atoms with Gasteiger partial charge in [-0.15, -0.1) is 0 Å². The number of aliphatic hydroxyl groups excluding tert-OH is 1. The van der Waals surface area contributed by atoms with Crippen LogP contribution in [0.5, 0.6) is 11.5 Å². The van der Waals surface area contributed by atoms with Crippen molar-refractivity contribution in [2.75, 3.05) is 14.2 Å². The number of ether oxygens (including phenoxy) is 2. The summed E-state index contributed by atoms with van der Waals surface area (Å²) in [5.74, 6) is 1.36. The van der Waals surface area contributed by atoms with Gasteiger partial charge < -0.3 is 14.6 Å². The predicted octanol–water partition coefficient (Wildman–Crippen LogP) is 3.27. The lowest BCUT2D eigenvalue weighted by molar-refractivity contribution is 0.214. The summed E-state index contributed by atoms with van der Waals surface area (Å²) < 4.78 is 10.6. The Balaban J connectivity index is 1.96. The average molecular weight is 284 g/mol. The average Bonchev–Trinajstić information content (AvgIpc) is 3.01. The molecular weight excluding hydrogens is 264 g/mol. The molecule has 0 saturated carbocycles. The molecule has 0 aliphatic heterocycles. The number of rotatable bonds is 4. The molecule has 1 aliphatic rings. The topological polar surface area (TPSA) is 38.7 Å². The molecule has 3 heteroatoms. The third-order valence-electron chi connectivity index (χ3n) is 4.17. The maximum atomic E-state index is 10.7. The lowest BCUT2D eigenvalue weighted by Gasteiger charge is -2.17. The summed E-state index contributed by atoms with van der Waals surface area (Å²) in [5.41, 5.74) is 4.45. The molecule has 0 radical (unpaired) electrons. The van der Waals surface area contributed by atoms with Crippen molar-refractivity contribution in [2.24, 2.45) is 0 Å². The van der Waals surface area contributed by atoms with Gasteiger partial charge in [0.15, 0.2) is 0 Å². The van der Waals surface area contributed by atoms with Gasteiger partial charge in [-0.3, -0.25) is 0 Å². The van der Waals surface area contributed by atoms with Gasteiger partial charge in [0.25, 0.3) is 0 Å². The third kappa shape index (κ3) is 2.61. The number of benzene rings is 2. The van der Waals surface area contributed by atoms with Crippen LogP contribution in [0.2, 0.25) is 0 Å². The van der Waals surface area contributed by atoms with Gasteiger partial charge in [-0.05, 0) is 48.1 Å². The first kappa shape index (κ1) is 14.0. The zero-order chi connectivity index (χ0) is 14.8. The maximum Gasteiger partial charge on any atom is 0.128 e. The summed E-state index contributed by atoms with van der Waals surface area (Å²) in [6.45, 7) is 0. The lowest BCUT2D eigenvalue weighted by Crippen LogP contribution is -2.03. The molecular formula is C18H20O3. The molecule has 1 atom stereocenters.